The van der Waals surface area contributed by atoms with Gasteiger partial charge < -0.3 is 30.2 Å². The highest BCUT2D eigenvalue weighted by Crippen LogP contribution is 2.23. The minimum atomic E-state index is -0.389. The van der Waals surface area contributed by atoms with Crippen molar-refractivity contribution in [1.29, 1.82) is 0 Å². The average molecular weight is 566 g/mol. The highest BCUT2D eigenvalue weighted by Gasteiger charge is 2.22. The number of nitrogens with zero attached hydrogens (tertiary/aromatic N) is 9. The van der Waals surface area contributed by atoms with Gasteiger partial charge in [-0.2, -0.15) is 19.5 Å². The molecule has 13 nitrogen and oxygen atoms in total. The van der Waals surface area contributed by atoms with Crippen LogP contribution in [0.4, 0.5) is 22.0 Å². The summed E-state index contributed by atoms with van der Waals surface area (Å²) in [5.74, 6) is 1.23. The maximum Gasteiger partial charge on any atom is 0.259 e. The molecule has 1 atom stereocenters. The molecular formula is C27H36FN11O2. The number of rotatable bonds is 10. The van der Waals surface area contributed by atoms with Gasteiger partial charge in [-0.25, -0.2) is 4.39 Å². The van der Waals surface area contributed by atoms with Gasteiger partial charge in [0.05, 0.1) is 12.0 Å². The number of fused-ring (bicyclic) bond motifs is 1. The van der Waals surface area contributed by atoms with Crippen LogP contribution in [0.1, 0.15) is 17.3 Å². The molecule has 1 saturated heterocycles. The number of amides is 1. The van der Waals surface area contributed by atoms with Crippen molar-refractivity contribution in [3.05, 3.63) is 48.0 Å². The van der Waals surface area contributed by atoms with E-state index in [2.05, 4.69) is 30.3 Å². The third-order valence-electron chi connectivity index (χ3n) is 7.00. The third-order valence-corrected chi connectivity index (χ3v) is 7.00. The maximum atomic E-state index is 15.0. The van der Waals surface area contributed by atoms with E-state index in [4.69, 9.17) is 10.2 Å². The summed E-state index contributed by atoms with van der Waals surface area (Å²) in [7, 11) is 5.79. The summed E-state index contributed by atoms with van der Waals surface area (Å²) >= 11 is 0. The van der Waals surface area contributed by atoms with Crippen molar-refractivity contribution in [3.8, 4) is 11.6 Å². The number of nitrogen functional groups attached to an aromatic ring is 1. The summed E-state index contributed by atoms with van der Waals surface area (Å²) < 4.78 is 21.8. The Morgan fingerprint density at radius 3 is 2.61 bits per heavy atom. The molecule has 0 radical (unpaired) electrons. The minimum absolute atomic E-state index is 0.0398. The lowest BCUT2D eigenvalue weighted by molar-refractivity contribution is 0.0934. The molecule has 5 rings (SSSR count). The van der Waals surface area contributed by atoms with E-state index in [-0.39, 0.29) is 23.7 Å². The van der Waals surface area contributed by atoms with Gasteiger partial charge in [0, 0.05) is 64.5 Å². The predicted molar refractivity (Wildman–Crippen MR) is 154 cm³/mol. The van der Waals surface area contributed by atoms with Crippen LogP contribution in [-0.4, -0.2) is 113 Å². The summed E-state index contributed by atoms with van der Waals surface area (Å²) in [6.07, 6.45) is 1.55. The first kappa shape index (κ1) is 28.2. The van der Waals surface area contributed by atoms with Crippen molar-refractivity contribution in [2.75, 3.05) is 82.5 Å². The average Bonchev–Trinajstić information content (AvgIpc) is 3.62. The Balaban J connectivity index is 1.13. The lowest BCUT2D eigenvalue weighted by Gasteiger charge is -2.36. The van der Waals surface area contributed by atoms with Gasteiger partial charge in [-0.05, 0) is 51.4 Å². The van der Waals surface area contributed by atoms with Gasteiger partial charge in [-0.15, -0.1) is 5.10 Å². The van der Waals surface area contributed by atoms with E-state index in [1.54, 1.807) is 30.5 Å². The molecule has 0 aliphatic carbocycles. The molecule has 3 N–H and O–H groups in total. The van der Waals surface area contributed by atoms with E-state index in [1.807, 2.05) is 42.8 Å². The highest BCUT2D eigenvalue weighted by atomic mass is 19.1. The van der Waals surface area contributed by atoms with Gasteiger partial charge in [0.1, 0.15) is 5.82 Å². The number of nitrogens with two attached hydrogens (primary N) is 1. The van der Waals surface area contributed by atoms with Gasteiger partial charge in [0.2, 0.25) is 17.7 Å². The molecule has 1 fully saturated rings. The van der Waals surface area contributed by atoms with E-state index >= 15 is 4.39 Å². The van der Waals surface area contributed by atoms with Crippen molar-refractivity contribution in [1.82, 2.24) is 39.7 Å². The first-order chi connectivity index (χ1) is 19.7. The minimum Gasteiger partial charge on any atom is -0.461 e. The second-order valence-corrected chi connectivity index (χ2v) is 10.6. The Hall–Kier alpha value is -4.30. The number of halogens is 1. The van der Waals surface area contributed by atoms with Crippen LogP contribution in [0.2, 0.25) is 0 Å². The van der Waals surface area contributed by atoms with Gasteiger partial charge in [0.25, 0.3) is 11.7 Å². The standard InChI is InChI=1S/C27H36FN11O2/c1-18(17-35(2)3)30-24(40)19-7-8-21(20(28)16-19)38-13-11-37(12-14-38)10-9-36(4)26-32-25(29)39-27(33-26)31-23(34-39)22-6-5-15-41-22/h5-8,15-16,18H,9-14,17H2,1-4H3,(H,30,40)(H2,29,31,32,33,34)/t18-/m1/s1. The van der Waals surface area contributed by atoms with Crippen molar-refractivity contribution in [2.45, 2.75) is 13.0 Å². The zero-order valence-electron chi connectivity index (χ0n) is 23.8. The van der Waals surface area contributed by atoms with Gasteiger partial charge in [-0.3, -0.25) is 9.69 Å². The second-order valence-electron chi connectivity index (χ2n) is 10.6. The number of aromatic nitrogens is 5. The summed E-state index contributed by atoms with van der Waals surface area (Å²) in [6, 6.07) is 8.20. The third kappa shape index (κ3) is 6.55. The second kappa shape index (κ2) is 12.1. The first-order valence-electron chi connectivity index (χ1n) is 13.6. The van der Waals surface area contributed by atoms with Crippen LogP contribution in [-0.2, 0) is 0 Å². The molecule has 3 aromatic heterocycles. The molecule has 1 aliphatic rings. The molecule has 14 heteroatoms. The fourth-order valence-corrected chi connectivity index (χ4v) is 4.88. The molecular weight excluding hydrogens is 529 g/mol. The Bertz CT molecular complexity index is 1480. The number of piperazine rings is 1. The van der Waals surface area contributed by atoms with Crippen LogP contribution in [0.5, 0.6) is 0 Å². The first-order valence-corrected chi connectivity index (χ1v) is 13.6. The monoisotopic (exact) mass is 565 g/mol. The number of likely N-dealkylation sites (N-methyl/N-ethyl adjacent to an activating group) is 2. The molecule has 0 spiro atoms. The fraction of sp³-hybridized carbons (Fsp3) is 0.444. The van der Waals surface area contributed by atoms with E-state index in [1.165, 1.54) is 10.6 Å². The number of hydrogen-bond acceptors (Lipinski definition) is 11. The number of furan rings is 1. The topological polar surface area (TPSA) is 137 Å². The van der Waals surface area contributed by atoms with E-state index in [9.17, 15) is 4.79 Å². The number of hydrogen-bond donors (Lipinski definition) is 2. The normalized spacial score (nSPS) is 15.0. The van der Waals surface area contributed by atoms with E-state index in [0.717, 1.165) is 19.6 Å². The molecule has 1 amide bonds. The number of anilines is 3. The Morgan fingerprint density at radius 1 is 1.15 bits per heavy atom. The van der Waals surface area contributed by atoms with Crippen molar-refractivity contribution in [3.63, 3.8) is 0 Å². The molecule has 0 saturated carbocycles. The molecule has 1 aliphatic heterocycles. The molecule has 1 aromatic carbocycles. The summed E-state index contributed by atoms with van der Waals surface area (Å²) in [5.41, 5.74) is 6.96. The Labute approximate surface area is 237 Å². The zero-order chi connectivity index (χ0) is 29.1. The SMILES string of the molecule is C[C@H](CN(C)C)NC(=O)c1ccc(N2CCN(CCN(C)c3nc(N)n4nc(-c5ccco5)nc4n3)CC2)c(F)c1. The van der Waals surface area contributed by atoms with Crippen LogP contribution in [0.25, 0.3) is 17.4 Å². The van der Waals surface area contributed by atoms with Gasteiger partial charge >= 0.3 is 0 Å². The maximum absolute atomic E-state index is 15.0. The number of benzene rings is 1. The molecule has 41 heavy (non-hydrogen) atoms. The highest BCUT2D eigenvalue weighted by molar-refractivity contribution is 5.94. The Kier molecular flexibility index (Phi) is 8.31. The summed E-state index contributed by atoms with van der Waals surface area (Å²) in [5, 5.41) is 7.24. The van der Waals surface area contributed by atoms with Gasteiger partial charge in [0.15, 0.2) is 5.76 Å². The predicted octanol–water partition coefficient (Wildman–Crippen LogP) is 1.44. The van der Waals surface area contributed by atoms with Crippen molar-refractivity contribution in [2.24, 2.45) is 0 Å². The lowest BCUT2D eigenvalue weighted by atomic mass is 10.1. The van der Waals surface area contributed by atoms with Gasteiger partial charge in [-0.1, -0.05) is 0 Å². The zero-order valence-corrected chi connectivity index (χ0v) is 23.8. The van der Waals surface area contributed by atoms with Crippen molar-refractivity contribution < 1.29 is 13.6 Å². The molecule has 0 unspecified atom stereocenters. The molecule has 4 aromatic rings. The molecule has 218 valence electrons. The number of nitrogens with one attached hydrogen (secondary N) is 1. The van der Waals surface area contributed by atoms with Crippen LogP contribution >= 0.6 is 0 Å². The lowest BCUT2D eigenvalue weighted by Crippen LogP contribution is -2.48. The van der Waals surface area contributed by atoms with Crippen molar-refractivity contribution >= 4 is 29.3 Å². The van der Waals surface area contributed by atoms with Crippen LogP contribution in [0, 0.1) is 5.82 Å². The molecule has 4 heterocycles. The molecule has 0 bridgehead atoms. The number of carbonyl (C=O) groups excluding carboxylic acids is 1. The Morgan fingerprint density at radius 2 is 1.93 bits per heavy atom. The van der Waals surface area contributed by atoms with Crippen LogP contribution < -0.4 is 20.9 Å². The number of carbonyl (C=O) groups is 1. The van der Waals surface area contributed by atoms with E-state index < -0.39 is 0 Å². The fourth-order valence-electron chi connectivity index (χ4n) is 4.88. The summed E-state index contributed by atoms with van der Waals surface area (Å²) in [4.78, 5) is 34.1. The van der Waals surface area contributed by atoms with Crippen LogP contribution in [0.3, 0.4) is 0 Å². The van der Waals surface area contributed by atoms with Crippen LogP contribution in [0.15, 0.2) is 41.0 Å². The quantitative estimate of drug-likeness (QED) is 0.289. The largest absolute Gasteiger partial charge is 0.461 e. The summed E-state index contributed by atoms with van der Waals surface area (Å²) in [6.45, 7) is 6.98. The van der Waals surface area contributed by atoms with E-state index in [0.29, 0.717) is 60.7 Å². The smallest absolute Gasteiger partial charge is 0.259 e.